The molecule has 4 heterocycles. The summed E-state index contributed by atoms with van der Waals surface area (Å²) in [5, 5.41) is 12.6. The fourth-order valence-corrected chi connectivity index (χ4v) is 6.61. The third-order valence-corrected chi connectivity index (χ3v) is 9.06. The van der Waals surface area contributed by atoms with Crippen LogP contribution in [0.25, 0.3) is 22.0 Å². The first-order valence-corrected chi connectivity index (χ1v) is 15.5. The van der Waals surface area contributed by atoms with Crippen LogP contribution < -0.4 is 20.1 Å². The van der Waals surface area contributed by atoms with Gasteiger partial charge in [-0.1, -0.05) is 54.1 Å². The van der Waals surface area contributed by atoms with Gasteiger partial charge < -0.3 is 29.4 Å². The van der Waals surface area contributed by atoms with Gasteiger partial charge in [-0.3, -0.25) is 9.36 Å². The molecular weight excluding hydrogens is 604 g/mol. The molecule has 10 heteroatoms. The number of aromatic nitrogens is 3. The molecule has 9 nitrogen and oxygen atoms in total. The maximum atomic E-state index is 13.6. The summed E-state index contributed by atoms with van der Waals surface area (Å²) >= 11 is 6.00. The number of hydrogen-bond donors (Lipinski definition) is 3. The van der Waals surface area contributed by atoms with Crippen molar-refractivity contribution in [1.29, 1.82) is 0 Å². The van der Waals surface area contributed by atoms with Crippen molar-refractivity contribution in [2.45, 2.75) is 25.5 Å². The highest BCUT2D eigenvalue weighted by atomic mass is 35.5. The van der Waals surface area contributed by atoms with E-state index in [1.807, 2.05) is 60.8 Å². The van der Waals surface area contributed by atoms with Crippen LogP contribution in [0.1, 0.15) is 22.4 Å². The smallest absolute Gasteiger partial charge is 0.328 e. The third-order valence-electron chi connectivity index (χ3n) is 8.81. The van der Waals surface area contributed by atoms with Crippen LogP contribution in [-0.2, 0) is 24.2 Å². The second-order valence-electron chi connectivity index (χ2n) is 11.6. The number of aromatic hydroxyl groups is 1. The van der Waals surface area contributed by atoms with Crippen LogP contribution in [0.5, 0.6) is 17.4 Å². The number of carbonyl (C=O) groups excluding carboxylic acids is 1. The molecular formula is C36H29ClN4O5. The number of hydrogen-bond acceptors (Lipinski definition) is 5. The zero-order valence-electron chi connectivity index (χ0n) is 24.6. The molecule has 46 heavy (non-hydrogen) atoms. The number of H-pyrrole nitrogens is 2. The quantitative estimate of drug-likeness (QED) is 0.207. The van der Waals surface area contributed by atoms with E-state index >= 15 is 0 Å². The van der Waals surface area contributed by atoms with Crippen LogP contribution in [0.4, 0.5) is 5.69 Å². The topological polar surface area (TPSA) is 113 Å². The number of rotatable bonds is 6. The van der Waals surface area contributed by atoms with Gasteiger partial charge in [0.1, 0.15) is 6.61 Å². The standard InChI is InChI=1S/C36H29ClN4O5/c37-24-11-8-21(9-12-24)19-41-34(42)29(39-36(41)44)17-23-18-38-28-13-10-22(16-27(23)28)25-4-3-5-30-26(25)14-15-40(30)35(43)33-20-45-31-6-1-2-7-32(31)46-33/h1-13,16,18,33,38,42H,14-15,17,19-20H2,(H,39,44). The maximum absolute atomic E-state index is 13.6. The molecule has 6 aromatic rings. The van der Waals surface area contributed by atoms with E-state index in [1.165, 1.54) is 4.57 Å². The van der Waals surface area contributed by atoms with Crippen molar-refractivity contribution in [3.8, 4) is 28.5 Å². The summed E-state index contributed by atoms with van der Waals surface area (Å²) < 4.78 is 13.2. The minimum atomic E-state index is -0.716. The van der Waals surface area contributed by atoms with E-state index < -0.39 is 6.10 Å². The molecule has 230 valence electrons. The summed E-state index contributed by atoms with van der Waals surface area (Å²) in [7, 11) is 0. The number of nitrogens with one attached hydrogen (secondary N) is 2. The van der Waals surface area contributed by atoms with Crippen molar-refractivity contribution in [2.24, 2.45) is 0 Å². The lowest BCUT2D eigenvalue weighted by Crippen LogP contribution is -2.46. The minimum Gasteiger partial charge on any atom is -0.493 e. The highest BCUT2D eigenvalue weighted by Crippen LogP contribution is 2.39. The van der Waals surface area contributed by atoms with Crippen LogP contribution in [0.2, 0.25) is 5.02 Å². The Morgan fingerprint density at radius 1 is 1.00 bits per heavy atom. The van der Waals surface area contributed by atoms with E-state index in [2.05, 4.69) is 28.2 Å². The number of carbonyl (C=O) groups is 1. The third kappa shape index (κ3) is 4.89. The van der Waals surface area contributed by atoms with Crippen LogP contribution in [0.15, 0.2) is 95.9 Å². The van der Waals surface area contributed by atoms with Crippen LogP contribution in [0, 0.1) is 0 Å². The van der Waals surface area contributed by atoms with Gasteiger partial charge in [-0.15, -0.1) is 0 Å². The molecule has 0 fully saturated rings. The van der Waals surface area contributed by atoms with Gasteiger partial charge in [0, 0.05) is 40.8 Å². The molecule has 0 bridgehead atoms. The molecule has 4 aromatic carbocycles. The van der Waals surface area contributed by atoms with Crippen molar-refractivity contribution in [1.82, 2.24) is 14.5 Å². The number of nitrogens with zero attached hydrogens (tertiary/aromatic N) is 2. The van der Waals surface area contributed by atoms with Gasteiger partial charge in [0.25, 0.3) is 5.91 Å². The van der Waals surface area contributed by atoms with Gasteiger partial charge >= 0.3 is 5.69 Å². The number of halogens is 1. The summed E-state index contributed by atoms with van der Waals surface area (Å²) in [4.78, 5) is 34.3. The molecule has 0 radical (unpaired) electrons. The van der Waals surface area contributed by atoms with Crippen molar-refractivity contribution in [2.75, 3.05) is 18.1 Å². The van der Waals surface area contributed by atoms with E-state index in [-0.39, 0.29) is 30.6 Å². The first kappa shape index (κ1) is 28.1. The Morgan fingerprint density at radius 2 is 1.83 bits per heavy atom. The number of anilines is 1. The van der Waals surface area contributed by atoms with Crippen molar-refractivity contribution >= 4 is 34.1 Å². The number of imidazole rings is 1. The SMILES string of the molecule is O=C(C1COc2ccccc2O1)N1CCc2c(-c3ccc4[nH]cc(Cc5[nH]c(=O)n(Cc6ccc(Cl)cc6)c5O)c4c3)cccc21. The fourth-order valence-electron chi connectivity index (χ4n) is 6.49. The second kappa shape index (κ2) is 11.2. The Hall–Kier alpha value is -5.41. The summed E-state index contributed by atoms with van der Waals surface area (Å²) in [6.07, 6.45) is 2.24. The van der Waals surface area contributed by atoms with Crippen molar-refractivity contribution < 1.29 is 19.4 Å². The van der Waals surface area contributed by atoms with Gasteiger partial charge in [-0.05, 0) is 76.7 Å². The van der Waals surface area contributed by atoms with Crippen LogP contribution in [0.3, 0.4) is 0 Å². The number of ether oxygens (including phenoxy) is 2. The van der Waals surface area contributed by atoms with Crippen LogP contribution in [-0.4, -0.2) is 44.8 Å². The Balaban J connectivity index is 1.06. The van der Waals surface area contributed by atoms with Gasteiger partial charge in [0.2, 0.25) is 12.0 Å². The van der Waals surface area contributed by atoms with E-state index in [4.69, 9.17) is 21.1 Å². The molecule has 2 aliphatic rings. The molecule has 2 aromatic heterocycles. The normalized spacial score (nSPS) is 15.3. The Morgan fingerprint density at radius 3 is 2.67 bits per heavy atom. The molecule has 3 N–H and O–H groups in total. The summed E-state index contributed by atoms with van der Waals surface area (Å²) in [6.45, 7) is 0.950. The Labute approximate surface area is 268 Å². The first-order valence-electron chi connectivity index (χ1n) is 15.1. The monoisotopic (exact) mass is 632 g/mol. The summed E-state index contributed by atoms with van der Waals surface area (Å²) in [5.41, 5.74) is 6.85. The predicted octanol–water partition coefficient (Wildman–Crippen LogP) is 6.05. The second-order valence-corrected chi connectivity index (χ2v) is 12.0. The molecule has 1 amide bonds. The fraction of sp³-hybridized carbons (Fsp3) is 0.167. The average Bonchev–Trinajstić information content (AvgIpc) is 3.77. The predicted molar refractivity (Wildman–Crippen MR) is 176 cm³/mol. The molecule has 8 rings (SSSR count). The highest BCUT2D eigenvalue weighted by molar-refractivity contribution is 6.30. The summed E-state index contributed by atoms with van der Waals surface area (Å²) in [5.74, 6) is 1.01. The molecule has 2 aliphatic heterocycles. The maximum Gasteiger partial charge on any atom is 0.328 e. The lowest BCUT2D eigenvalue weighted by molar-refractivity contribution is -0.127. The highest BCUT2D eigenvalue weighted by Gasteiger charge is 2.35. The number of amides is 1. The van der Waals surface area contributed by atoms with E-state index in [0.717, 1.165) is 50.8 Å². The molecule has 1 atom stereocenters. The Kier molecular flexibility index (Phi) is 6.83. The minimum absolute atomic E-state index is 0.0908. The number of fused-ring (bicyclic) bond motifs is 3. The zero-order chi connectivity index (χ0) is 31.4. The average molecular weight is 633 g/mol. The van der Waals surface area contributed by atoms with Crippen molar-refractivity contribution in [3.63, 3.8) is 0 Å². The van der Waals surface area contributed by atoms with Gasteiger partial charge in [-0.25, -0.2) is 4.79 Å². The molecule has 1 unspecified atom stereocenters. The van der Waals surface area contributed by atoms with Gasteiger partial charge in [-0.2, -0.15) is 0 Å². The number of benzene rings is 4. The van der Waals surface area contributed by atoms with Gasteiger partial charge in [0.15, 0.2) is 11.5 Å². The zero-order valence-corrected chi connectivity index (χ0v) is 25.4. The molecule has 0 saturated carbocycles. The van der Waals surface area contributed by atoms with E-state index in [9.17, 15) is 14.7 Å². The number of aromatic amines is 2. The lowest BCUT2D eigenvalue weighted by Gasteiger charge is -2.29. The largest absolute Gasteiger partial charge is 0.493 e. The Bertz CT molecular complexity index is 2180. The van der Waals surface area contributed by atoms with Gasteiger partial charge in [0.05, 0.1) is 12.2 Å². The van der Waals surface area contributed by atoms with E-state index in [1.54, 1.807) is 17.0 Å². The summed E-state index contributed by atoms with van der Waals surface area (Å²) in [6, 6.07) is 26.8. The van der Waals surface area contributed by atoms with E-state index in [0.29, 0.717) is 35.2 Å². The molecule has 0 aliphatic carbocycles. The number of para-hydroxylation sites is 2. The van der Waals surface area contributed by atoms with Crippen molar-refractivity contribution in [3.05, 3.63) is 129 Å². The van der Waals surface area contributed by atoms with Crippen LogP contribution >= 0.6 is 11.6 Å². The molecule has 0 saturated heterocycles. The first-order chi connectivity index (χ1) is 22.4. The molecule has 0 spiro atoms. The lowest BCUT2D eigenvalue weighted by atomic mass is 9.96.